The molecular weight excluding hydrogens is 292 g/mol. The highest BCUT2D eigenvalue weighted by Gasteiger charge is 2.36. The average molecular weight is 320 g/mol. The van der Waals surface area contributed by atoms with E-state index in [-0.39, 0.29) is 11.2 Å². The smallest absolute Gasteiger partial charge is 0.332 e. The third-order valence-corrected chi connectivity index (χ3v) is 5.45. The van der Waals surface area contributed by atoms with E-state index >= 15 is 0 Å². The number of fused-ring (bicyclic) bond motifs is 1. The summed E-state index contributed by atoms with van der Waals surface area (Å²) in [5.41, 5.74) is 0.597. The summed E-state index contributed by atoms with van der Waals surface area (Å²) in [4.78, 5) is 26.9. The van der Waals surface area contributed by atoms with Crippen LogP contribution in [0.25, 0.3) is 0 Å². The van der Waals surface area contributed by atoms with Gasteiger partial charge < -0.3 is 5.32 Å². The lowest BCUT2D eigenvalue weighted by molar-refractivity contribution is 0.0636. The van der Waals surface area contributed by atoms with Gasteiger partial charge in [0.05, 0.1) is 12.2 Å². The second kappa shape index (κ2) is 5.51. The van der Waals surface area contributed by atoms with Gasteiger partial charge in [0.15, 0.2) is 0 Å². The van der Waals surface area contributed by atoms with E-state index in [1.54, 1.807) is 18.7 Å². The van der Waals surface area contributed by atoms with E-state index in [0.717, 1.165) is 6.42 Å². The Hall–Kier alpha value is -1.56. The number of hydrogen-bond acceptors (Lipinski definition) is 4. The van der Waals surface area contributed by atoms with Gasteiger partial charge in [0.2, 0.25) is 0 Å². The highest BCUT2D eigenvalue weighted by Crippen LogP contribution is 2.41. The molecule has 0 amide bonds. The third-order valence-electron chi connectivity index (χ3n) is 5.45. The van der Waals surface area contributed by atoms with Crippen LogP contribution in [0.5, 0.6) is 0 Å². The molecule has 2 unspecified atom stereocenters. The normalized spacial score (nSPS) is 27.3. The summed E-state index contributed by atoms with van der Waals surface area (Å²) in [6, 6.07) is 0.483. The lowest BCUT2D eigenvalue weighted by Gasteiger charge is -2.45. The zero-order chi connectivity index (χ0) is 16.9. The minimum absolute atomic E-state index is 0.177. The van der Waals surface area contributed by atoms with Crippen LogP contribution in [-0.4, -0.2) is 26.7 Å². The number of aromatic nitrogens is 2. The third kappa shape index (κ3) is 2.84. The molecule has 1 aromatic rings. The molecule has 23 heavy (non-hydrogen) atoms. The summed E-state index contributed by atoms with van der Waals surface area (Å²) in [5.74, 6) is 1.38. The SMILES string of the molecule is CC1CC(N2CNc3c(c(=O)n(C)c(=O)n3C)C2)CC(C)(C)C1. The first kappa shape index (κ1) is 16.3. The zero-order valence-corrected chi connectivity index (χ0v) is 14.8. The van der Waals surface area contributed by atoms with Crippen molar-refractivity contribution in [3.63, 3.8) is 0 Å². The van der Waals surface area contributed by atoms with Gasteiger partial charge in [-0.3, -0.25) is 18.8 Å². The fraction of sp³-hybridized carbons (Fsp3) is 0.765. The minimum atomic E-state index is -0.276. The Kier molecular flexibility index (Phi) is 3.91. The summed E-state index contributed by atoms with van der Waals surface area (Å²) >= 11 is 0. The standard InChI is InChI=1S/C17H28N4O2/c1-11-6-12(8-17(2,3)7-11)21-9-13-14(18-10-21)19(4)16(23)20(5)15(13)22/h11-12,18H,6-10H2,1-5H3. The van der Waals surface area contributed by atoms with Crippen molar-refractivity contribution < 1.29 is 0 Å². The first-order chi connectivity index (χ1) is 10.7. The van der Waals surface area contributed by atoms with Crippen LogP contribution in [-0.2, 0) is 20.6 Å². The van der Waals surface area contributed by atoms with E-state index in [1.165, 1.54) is 17.4 Å². The molecule has 128 valence electrons. The van der Waals surface area contributed by atoms with Crippen LogP contribution in [0, 0.1) is 11.3 Å². The molecule has 3 rings (SSSR count). The minimum Gasteiger partial charge on any atom is -0.358 e. The number of nitrogens with one attached hydrogen (secondary N) is 1. The highest BCUT2D eigenvalue weighted by atomic mass is 16.2. The maximum absolute atomic E-state index is 12.5. The molecule has 1 N–H and O–H groups in total. The quantitative estimate of drug-likeness (QED) is 0.851. The van der Waals surface area contributed by atoms with Crippen LogP contribution in [0.15, 0.2) is 9.59 Å². The maximum Gasteiger partial charge on any atom is 0.332 e. The van der Waals surface area contributed by atoms with Gasteiger partial charge in [-0.1, -0.05) is 20.8 Å². The largest absolute Gasteiger partial charge is 0.358 e. The van der Waals surface area contributed by atoms with Gasteiger partial charge in [-0.15, -0.1) is 0 Å². The first-order valence-electron chi connectivity index (χ1n) is 8.46. The van der Waals surface area contributed by atoms with E-state index in [1.807, 2.05) is 0 Å². The summed E-state index contributed by atoms with van der Waals surface area (Å²) < 4.78 is 2.75. The van der Waals surface area contributed by atoms with Gasteiger partial charge >= 0.3 is 5.69 Å². The van der Waals surface area contributed by atoms with Gasteiger partial charge in [0, 0.05) is 26.7 Å². The van der Waals surface area contributed by atoms with Gasteiger partial charge in [-0.25, -0.2) is 4.79 Å². The molecule has 1 saturated carbocycles. The van der Waals surface area contributed by atoms with Crippen molar-refractivity contribution in [2.24, 2.45) is 25.4 Å². The summed E-state index contributed by atoms with van der Waals surface area (Å²) in [6.45, 7) is 8.31. The van der Waals surface area contributed by atoms with Gasteiger partial charge in [-0.2, -0.15) is 0 Å². The monoisotopic (exact) mass is 320 g/mol. The van der Waals surface area contributed by atoms with E-state index in [2.05, 4.69) is 31.0 Å². The molecule has 2 atom stereocenters. The fourth-order valence-electron chi connectivity index (χ4n) is 4.55. The Morgan fingerprint density at radius 2 is 1.83 bits per heavy atom. The molecule has 1 aromatic heterocycles. The molecule has 2 heterocycles. The highest BCUT2D eigenvalue weighted by molar-refractivity contribution is 5.45. The van der Waals surface area contributed by atoms with E-state index in [0.29, 0.717) is 42.0 Å². The summed E-state index contributed by atoms with van der Waals surface area (Å²) in [5, 5.41) is 3.30. The van der Waals surface area contributed by atoms with Gasteiger partial charge in [-0.05, 0) is 30.6 Å². The van der Waals surface area contributed by atoms with Crippen molar-refractivity contribution in [1.82, 2.24) is 14.0 Å². The van der Waals surface area contributed by atoms with Gasteiger partial charge in [0.25, 0.3) is 5.56 Å². The van der Waals surface area contributed by atoms with Crippen LogP contribution in [0.1, 0.15) is 45.6 Å². The van der Waals surface area contributed by atoms with E-state index < -0.39 is 0 Å². The van der Waals surface area contributed by atoms with Crippen LogP contribution in [0.2, 0.25) is 0 Å². The maximum atomic E-state index is 12.5. The zero-order valence-electron chi connectivity index (χ0n) is 14.8. The first-order valence-corrected chi connectivity index (χ1v) is 8.46. The molecule has 6 heteroatoms. The number of hydrogen-bond donors (Lipinski definition) is 1. The average Bonchev–Trinajstić information content (AvgIpc) is 2.48. The fourth-order valence-corrected chi connectivity index (χ4v) is 4.55. The molecule has 1 aliphatic carbocycles. The molecule has 0 spiro atoms. The van der Waals surface area contributed by atoms with Crippen molar-refractivity contribution in [2.75, 3.05) is 12.0 Å². The van der Waals surface area contributed by atoms with Crippen LogP contribution in [0.3, 0.4) is 0 Å². The molecule has 0 bridgehead atoms. The second-order valence-electron chi connectivity index (χ2n) is 8.18. The predicted molar refractivity (Wildman–Crippen MR) is 91.5 cm³/mol. The van der Waals surface area contributed by atoms with Crippen molar-refractivity contribution in [1.29, 1.82) is 0 Å². The lowest BCUT2D eigenvalue weighted by Crippen LogP contribution is -2.51. The molecule has 2 aliphatic rings. The Morgan fingerprint density at radius 3 is 2.48 bits per heavy atom. The number of nitrogens with zero attached hydrogens (tertiary/aromatic N) is 3. The lowest BCUT2D eigenvalue weighted by atomic mass is 9.70. The molecule has 0 saturated heterocycles. The topological polar surface area (TPSA) is 59.3 Å². The molecule has 0 radical (unpaired) electrons. The van der Waals surface area contributed by atoms with E-state index in [4.69, 9.17) is 0 Å². The molecule has 0 aromatic carbocycles. The Labute approximate surface area is 137 Å². The van der Waals surface area contributed by atoms with Crippen LogP contribution in [0.4, 0.5) is 5.82 Å². The van der Waals surface area contributed by atoms with Crippen molar-refractivity contribution in [2.45, 2.75) is 52.6 Å². The molecule has 1 fully saturated rings. The number of rotatable bonds is 1. The van der Waals surface area contributed by atoms with Crippen molar-refractivity contribution in [3.8, 4) is 0 Å². The summed E-state index contributed by atoms with van der Waals surface area (Å²) in [6.07, 6.45) is 3.59. The predicted octanol–water partition coefficient (Wildman–Crippen LogP) is 1.48. The molecule has 1 aliphatic heterocycles. The molecule has 6 nitrogen and oxygen atoms in total. The molecular formula is C17H28N4O2. The number of anilines is 1. The van der Waals surface area contributed by atoms with Crippen LogP contribution >= 0.6 is 0 Å². The second-order valence-corrected chi connectivity index (χ2v) is 8.18. The van der Waals surface area contributed by atoms with Crippen molar-refractivity contribution in [3.05, 3.63) is 26.4 Å². The van der Waals surface area contributed by atoms with Gasteiger partial charge in [0.1, 0.15) is 5.82 Å². The Morgan fingerprint density at radius 1 is 1.13 bits per heavy atom. The van der Waals surface area contributed by atoms with Crippen molar-refractivity contribution >= 4 is 5.82 Å². The Balaban J connectivity index is 1.92. The van der Waals surface area contributed by atoms with Crippen LogP contribution < -0.4 is 16.6 Å². The summed E-state index contributed by atoms with van der Waals surface area (Å²) in [7, 11) is 3.27. The van der Waals surface area contributed by atoms with E-state index in [9.17, 15) is 9.59 Å². The Bertz CT molecular complexity index is 731.